The highest BCUT2D eigenvalue weighted by Gasteiger charge is 2.39. The topological polar surface area (TPSA) is 101 Å². The van der Waals surface area contributed by atoms with Crippen LogP contribution in [0.15, 0.2) is 0 Å². The van der Waals surface area contributed by atoms with Crippen LogP contribution in [0.5, 0.6) is 0 Å². The fraction of sp³-hybridized carbons (Fsp3) is 0.917. The SMILES string of the molecule is CCCCCCCCCCCC(=O)P(=O)(O)O[P+](=O)O. The minimum Gasteiger partial charge on any atom is -0.316 e. The molecule has 0 saturated heterocycles. The van der Waals surface area contributed by atoms with E-state index in [0.717, 1.165) is 19.3 Å². The average molecular weight is 327 g/mol. The Labute approximate surface area is 121 Å². The summed E-state index contributed by atoms with van der Waals surface area (Å²) < 4.78 is 25.4. The number of carbonyl (C=O) groups excluding carboxylic acids is 1. The molecule has 0 rings (SSSR count). The molecule has 0 fully saturated rings. The maximum absolute atomic E-state index is 11.3. The molecule has 6 nitrogen and oxygen atoms in total. The number of unbranched alkanes of at least 4 members (excludes halogenated alkanes) is 8. The van der Waals surface area contributed by atoms with Crippen molar-refractivity contribution in [1.82, 2.24) is 0 Å². The van der Waals surface area contributed by atoms with Crippen LogP contribution in [0.2, 0.25) is 0 Å². The Morgan fingerprint density at radius 2 is 1.50 bits per heavy atom. The molecular formula is C12H25O6P2+. The quantitative estimate of drug-likeness (QED) is 0.386. The third-order valence-corrected chi connectivity index (χ3v) is 5.29. The first-order valence-electron chi connectivity index (χ1n) is 7.12. The van der Waals surface area contributed by atoms with Crippen LogP contribution in [-0.4, -0.2) is 15.3 Å². The summed E-state index contributed by atoms with van der Waals surface area (Å²) in [6.07, 6.45) is 9.49. The van der Waals surface area contributed by atoms with Gasteiger partial charge in [0.25, 0.3) is 0 Å². The monoisotopic (exact) mass is 327 g/mol. The first-order chi connectivity index (χ1) is 9.40. The van der Waals surface area contributed by atoms with Crippen LogP contribution in [0.25, 0.3) is 0 Å². The summed E-state index contributed by atoms with van der Waals surface area (Å²) in [6, 6.07) is 0. The van der Waals surface area contributed by atoms with Gasteiger partial charge < -0.3 is 4.89 Å². The van der Waals surface area contributed by atoms with Gasteiger partial charge >= 0.3 is 15.9 Å². The molecule has 0 saturated carbocycles. The summed E-state index contributed by atoms with van der Waals surface area (Å²) in [5.41, 5.74) is -0.988. The fourth-order valence-electron chi connectivity index (χ4n) is 1.87. The van der Waals surface area contributed by atoms with E-state index in [1.54, 1.807) is 0 Å². The Morgan fingerprint density at radius 1 is 1.05 bits per heavy atom. The van der Waals surface area contributed by atoms with Gasteiger partial charge in [0.1, 0.15) is 0 Å². The maximum Gasteiger partial charge on any atom is 0.704 e. The molecule has 118 valence electrons. The van der Waals surface area contributed by atoms with Crippen molar-refractivity contribution in [2.45, 2.75) is 71.1 Å². The highest BCUT2D eigenvalue weighted by atomic mass is 31.2. The lowest BCUT2D eigenvalue weighted by atomic mass is 10.1. The maximum atomic E-state index is 11.3. The van der Waals surface area contributed by atoms with Crippen molar-refractivity contribution < 1.29 is 28.0 Å². The highest BCUT2D eigenvalue weighted by molar-refractivity contribution is 7.74. The van der Waals surface area contributed by atoms with Gasteiger partial charge in [0.2, 0.25) is 5.52 Å². The molecule has 0 aliphatic rings. The van der Waals surface area contributed by atoms with Crippen LogP contribution < -0.4 is 0 Å². The Morgan fingerprint density at radius 3 is 1.95 bits per heavy atom. The Kier molecular flexibility index (Phi) is 11.5. The smallest absolute Gasteiger partial charge is 0.316 e. The molecule has 2 N–H and O–H groups in total. The first-order valence-corrected chi connectivity index (χ1v) is 9.83. The van der Waals surface area contributed by atoms with E-state index >= 15 is 0 Å². The Hall–Kier alpha value is -0.120. The second-order valence-corrected chi connectivity index (χ2v) is 7.48. The molecule has 0 aromatic carbocycles. The van der Waals surface area contributed by atoms with Crippen LogP contribution >= 0.6 is 15.9 Å². The zero-order valence-corrected chi connectivity index (χ0v) is 13.8. The largest absolute Gasteiger partial charge is 0.704 e. The predicted octanol–water partition coefficient (Wildman–Crippen LogP) is 4.29. The van der Waals surface area contributed by atoms with Gasteiger partial charge in [-0.25, -0.2) is 4.57 Å². The van der Waals surface area contributed by atoms with Crippen LogP contribution in [0.1, 0.15) is 71.1 Å². The molecule has 0 heterocycles. The van der Waals surface area contributed by atoms with E-state index in [-0.39, 0.29) is 6.42 Å². The zero-order chi connectivity index (χ0) is 15.4. The van der Waals surface area contributed by atoms with E-state index in [2.05, 4.69) is 11.2 Å². The van der Waals surface area contributed by atoms with Gasteiger partial charge in [0.05, 0.1) is 0 Å². The fourth-order valence-corrected chi connectivity index (χ4v) is 3.43. The summed E-state index contributed by atoms with van der Waals surface area (Å²) in [4.78, 5) is 28.8. The van der Waals surface area contributed by atoms with Crippen molar-refractivity contribution in [3.8, 4) is 0 Å². The molecule has 0 aromatic rings. The van der Waals surface area contributed by atoms with Crippen LogP contribution in [0, 0.1) is 0 Å². The van der Waals surface area contributed by atoms with Crippen molar-refractivity contribution in [2.75, 3.05) is 0 Å². The third-order valence-electron chi connectivity index (χ3n) is 2.99. The summed E-state index contributed by atoms with van der Waals surface area (Å²) >= 11 is 0. The summed E-state index contributed by atoms with van der Waals surface area (Å²) in [5, 5.41) is 0. The van der Waals surface area contributed by atoms with E-state index in [1.807, 2.05) is 0 Å². The molecule has 0 aromatic heterocycles. The van der Waals surface area contributed by atoms with Crippen molar-refractivity contribution in [3.63, 3.8) is 0 Å². The highest BCUT2D eigenvalue weighted by Crippen LogP contribution is 2.51. The average Bonchev–Trinajstić information content (AvgIpc) is 2.35. The molecular weight excluding hydrogens is 302 g/mol. The molecule has 8 heteroatoms. The summed E-state index contributed by atoms with van der Waals surface area (Å²) in [7, 11) is -7.82. The summed E-state index contributed by atoms with van der Waals surface area (Å²) in [5.74, 6) is 0. The minimum atomic E-state index is -4.59. The van der Waals surface area contributed by atoms with Crippen molar-refractivity contribution in [2.24, 2.45) is 0 Å². The third kappa shape index (κ3) is 10.6. The van der Waals surface area contributed by atoms with Gasteiger partial charge in [-0.15, -0.1) is 4.89 Å². The van der Waals surface area contributed by atoms with Gasteiger partial charge in [0.15, 0.2) is 0 Å². The number of carbonyl (C=O) groups is 1. The van der Waals surface area contributed by atoms with Crippen molar-refractivity contribution >= 4 is 21.4 Å². The number of hydrogen-bond acceptors (Lipinski definition) is 4. The molecule has 0 amide bonds. The number of hydrogen-bond donors (Lipinski definition) is 2. The second-order valence-electron chi connectivity index (χ2n) is 4.81. The first kappa shape index (κ1) is 19.9. The zero-order valence-electron chi connectivity index (χ0n) is 12.0. The predicted molar refractivity (Wildman–Crippen MR) is 77.6 cm³/mol. The molecule has 2 atom stereocenters. The second kappa shape index (κ2) is 11.5. The molecule has 0 radical (unpaired) electrons. The van der Waals surface area contributed by atoms with E-state index in [4.69, 9.17) is 9.79 Å². The lowest BCUT2D eigenvalue weighted by Crippen LogP contribution is -2.00. The van der Waals surface area contributed by atoms with Gasteiger partial charge in [-0.1, -0.05) is 58.3 Å². The van der Waals surface area contributed by atoms with Crippen LogP contribution in [0.4, 0.5) is 0 Å². The van der Waals surface area contributed by atoms with Crippen LogP contribution in [-0.2, 0) is 18.2 Å². The van der Waals surface area contributed by atoms with Gasteiger partial charge in [-0.05, 0) is 10.7 Å². The van der Waals surface area contributed by atoms with Crippen molar-refractivity contribution in [3.05, 3.63) is 0 Å². The van der Waals surface area contributed by atoms with Gasteiger partial charge in [-0.2, -0.15) is 0 Å². The lowest BCUT2D eigenvalue weighted by Gasteiger charge is -2.03. The van der Waals surface area contributed by atoms with Gasteiger partial charge in [-0.3, -0.25) is 4.79 Å². The molecule has 0 aliphatic heterocycles. The summed E-state index contributed by atoms with van der Waals surface area (Å²) in [6.45, 7) is 2.17. The molecule has 20 heavy (non-hydrogen) atoms. The van der Waals surface area contributed by atoms with E-state index in [9.17, 15) is 13.9 Å². The van der Waals surface area contributed by atoms with Gasteiger partial charge in [0, 0.05) is 11.0 Å². The molecule has 0 aliphatic carbocycles. The molecule has 0 spiro atoms. The molecule has 0 bridgehead atoms. The van der Waals surface area contributed by atoms with E-state index in [0.29, 0.717) is 6.42 Å². The minimum absolute atomic E-state index is 0.0905. The standard InChI is InChI=1S/C12H24O6P2/c1-2-3-4-5-6-7-8-9-10-11-12(13)20(16,17)18-19(14)15/h2-11H2,1H3,(H-,14,15,16,17)/p+1. The Bertz CT molecular complexity index is 345. The van der Waals surface area contributed by atoms with E-state index < -0.39 is 21.4 Å². The van der Waals surface area contributed by atoms with E-state index in [1.165, 1.54) is 32.1 Å². The number of rotatable bonds is 13. The normalized spacial score (nSPS) is 14.8. The van der Waals surface area contributed by atoms with Crippen LogP contribution in [0.3, 0.4) is 0 Å². The van der Waals surface area contributed by atoms with Crippen molar-refractivity contribution in [1.29, 1.82) is 0 Å². The Balaban J connectivity index is 3.57. The molecule has 2 unspecified atom stereocenters. The lowest BCUT2D eigenvalue weighted by molar-refractivity contribution is -0.113.